The van der Waals surface area contributed by atoms with Crippen molar-refractivity contribution in [2.75, 3.05) is 18.0 Å². The fraction of sp³-hybridized carbons (Fsp3) is 0.421. The maximum absolute atomic E-state index is 12.4. The smallest absolute Gasteiger partial charge is 0.273 e. The Morgan fingerprint density at radius 3 is 2.85 bits per heavy atom. The van der Waals surface area contributed by atoms with Gasteiger partial charge in [0.25, 0.3) is 5.91 Å². The lowest BCUT2D eigenvalue weighted by Crippen LogP contribution is -2.39. The van der Waals surface area contributed by atoms with Crippen LogP contribution < -0.4 is 10.2 Å². The van der Waals surface area contributed by atoms with E-state index in [-0.39, 0.29) is 30.4 Å². The number of nitrogens with one attached hydrogen (secondary N) is 1. The van der Waals surface area contributed by atoms with Gasteiger partial charge in [0, 0.05) is 18.3 Å². The summed E-state index contributed by atoms with van der Waals surface area (Å²) in [6, 6.07) is 9.31. The summed E-state index contributed by atoms with van der Waals surface area (Å²) in [5.41, 5.74) is 1.88. The zero-order chi connectivity index (χ0) is 18.7. The van der Waals surface area contributed by atoms with Gasteiger partial charge in [0.15, 0.2) is 11.5 Å². The average molecular weight is 357 g/mol. The first-order valence-electron chi connectivity index (χ1n) is 8.59. The second kappa shape index (κ2) is 7.29. The van der Waals surface area contributed by atoms with Crippen LogP contribution in [0.5, 0.6) is 0 Å². The minimum Gasteiger partial charge on any atom is -0.368 e. The number of amides is 2. The minimum atomic E-state index is -0.448. The highest BCUT2D eigenvalue weighted by atomic mass is 16.5. The van der Waals surface area contributed by atoms with Crippen LogP contribution in [0.15, 0.2) is 34.9 Å². The van der Waals surface area contributed by atoms with E-state index >= 15 is 0 Å². The first-order chi connectivity index (χ1) is 12.3. The average Bonchev–Trinajstić information content (AvgIpc) is 3.24. The van der Waals surface area contributed by atoms with Gasteiger partial charge < -0.3 is 19.5 Å². The molecule has 1 aliphatic rings. The summed E-state index contributed by atoms with van der Waals surface area (Å²) in [5, 5.41) is 6.33. The van der Waals surface area contributed by atoms with Crippen LogP contribution >= 0.6 is 0 Å². The molecular formula is C19H23N3O4. The number of rotatable bonds is 5. The molecule has 1 aliphatic heterocycles. The molecule has 1 aromatic carbocycles. The van der Waals surface area contributed by atoms with Gasteiger partial charge >= 0.3 is 0 Å². The molecule has 3 rings (SSSR count). The van der Waals surface area contributed by atoms with E-state index in [1.807, 2.05) is 45.0 Å². The van der Waals surface area contributed by atoms with Gasteiger partial charge in [0.2, 0.25) is 5.91 Å². The van der Waals surface area contributed by atoms with Gasteiger partial charge in [-0.2, -0.15) is 0 Å². The molecule has 0 aliphatic carbocycles. The number of carbonyl (C=O) groups excluding carboxylic acids is 2. The van der Waals surface area contributed by atoms with Crippen LogP contribution in [0.4, 0.5) is 5.69 Å². The summed E-state index contributed by atoms with van der Waals surface area (Å²) >= 11 is 0. The quantitative estimate of drug-likeness (QED) is 0.888. The summed E-state index contributed by atoms with van der Waals surface area (Å²) in [4.78, 5) is 26.3. The van der Waals surface area contributed by atoms with Gasteiger partial charge in [-0.1, -0.05) is 23.4 Å². The fourth-order valence-electron chi connectivity index (χ4n) is 2.71. The molecule has 0 unspecified atom stereocenters. The Morgan fingerprint density at radius 1 is 1.31 bits per heavy atom. The van der Waals surface area contributed by atoms with Crippen LogP contribution in [0, 0.1) is 0 Å². The van der Waals surface area contributed by atoms with Crippen molar-refractivity contribution in [2.45, 2.75) is 39.4 Å². The second-order valence-corrected chi connectivity index (χ2v) is 7.19. The molecule has 2 amide bonds. The SMILES string of the molecule is CC(C)(C)OCc1cc(C(=O)NCC(=O)N2CCc3ccccc32)no1. The van der Waals surface area contributed by atoms with Gasteiger partial charge in [-0.05, 0) is 38.8 Å². The van der Waals surface area contributed by atoms with Crippen LogP contribution in [0.2, 0.25) is 0 Å². The van der Waals surface area contributed by atoms with Gasteiger partial charge in [0.05, 0.1) is 12.1 Å². The molecule has 0 saturated carbocycles. The molecule has 0 atom stereocenters. The number of hydrogen-bond acceptors (Lipinski definition) is 5. The molecule has 26 heavy (non-hydrogen) atoms. The van der Waals surface area contributed by atoms with E-state index in [9.17, 15) is 9.59 Å². The molecule has 1 aromatic heterocycles. The molecular weight excluding hydrogens is 334 g/mol. The lowest BCUT2D eigenvalue weighted by molar-refractivity contribution is -0.117. The van der Waals surface area contributed by atoms with Gasteiger partial charge in [0.1, 0.15) is 6.61 Å². The summed E-state index contributed by atoms with van der Waals surface area (Å²) < 4.78 is 10.7. The molecule has 7 nitrogen and oxygen atoms in total. The Balaban J connectivity index is 1.53. The number of nitrogens with zero attached hydrogens (tertiary/aromatic N) is 2. The fourth-order valence-corrected chi connectivity index (χ4v) is 2.71. The van der Waals surface area contributed by atoms with E-state index in [1.165, 1.54) is 6.07 Å². The number of anilines is 1. The maximum atomic E-state index is 12.4. The number of fused-ring (bicyclic) bond motifs is 1. The van der Waals surface area contributed by atoms with Crippen molar-refractivity contribution < 1.29 is 18.8 Å². The van der Waals surface area contributed by atoms with E-state index in [0.29, 0.717) is 12.3 Å². The zero-order valence-electron chi connectivity index (χ0n) is 15.2. The van der Waals surface area contributed by atoms with Crippen molar-refractivity contribution in [1.29, 1.82) is 0 Å². The molecule has 2 aromatic rings. The Kier molecular flexibility index (Phi) is 5.08. The highest BCUT2D eigenvalue weighted by Gasteiger charge is 2.24. The van der Waals surface area contributed by atoms with Crippen LogP contribution in [-0.4, -0.2) is 35.7 Å². The van der Waals surface area contributed by atoms with E-state index in [0.717, 1.165) is 17.7 Å². The van der Waals surface area contributed by atoms with Gasteiger partial charge in [-0.15, -0.1) is 0 Å². The van der Waals surface area contributed by atoms with E-state index in [4.69, 9.17) is 9.26 Å². The van der Waals surface area contributed by atoms with Crippen LogP contribution in [0.3, 0.4) is 0 Å². The summed E-state index contributed by atoms with van der Waals surface area (Å²) in [5.74, 6) is -0.135. The lowest BCUT2D eigenvalue weighted by atomic mass is 10.2. The third-order valence-corrected chi connectivity index (χ3v) is 4.03. The maximum Gasteiger partial charge on any atom is 0.273 e. The van der Waals surface area contributed by atoms with Gasteiger partial charge in [-0.3, -0.25) is 9.59 Å². The number of benzene rings is 1. The second-order valence-electron chi connectivity index (χ2n) is 7.19. The van der Waals surface area contributed by atoms with Crippen molar-refractivity contribution in [3.8, 4) is 0 Å². The Bertz CT molecular complexity index is 807. The largest absolute Gasteiger partial charge is 0.368 e. The van der Waals surface area contributed by atoms with Crippen LogP contribution in [-0.2, 0) is 22.6 Å². The van der Waals surface area contributed by atoms with Crippen molar-refractivity contribution in [3.63, 3.8) is 0 Å². The van der Waals surface area contributed by atoms with Crippen molar-refractivity contribution in [3.05, 3.63) is 47.3 Å². The Morgan fingerprint density at radius 2 is 2.08 bits per heavy atom. The molecule has 0 fully saturated rings. The highest BCUT2D eigenvalue weighted by molar-refractivity contribution is 6.00. The molecule has 0 bridgehead atoms. The minimum absolute atomic E-state index is 0.0894. The lowest BCUT2D eigenvalue weighted by Gasteiger charge is -2.17. The number of para-hydroxylation sites is 1. The summed E-state index contributed by atoms with van der Waals surface area (Å²) in [7, 11) is 0. The number of carbonyl (C=O) groups is 2. The first-order valence-corrected chi connectivity index (χ1v) is 8.59. The third-order valence-electron chi connectivity index (χ3n) is 4.03. The summed E-state index contributed by atoms with van der Waals surface area (Å²) in [6.07, 6.45) is 0.830. The van der Waals surface area contributed by atoms with Crippen molar-refractivity contribution in [1.82, 2.24) is 10.5 Å². The molecule has 0 radical (unpaired) electrons. The van der Waals surface area contributed by atoms with Crippen LogP contribution in [0.1, 0.15) is 42.6 Å². The standard InChI is InChI=1S/C19H23N3O4/c1-19(2,3)25-12-14-10-15(21-26-14)18(24)20-11-17(23)22-9-8-13-6-4-5-7-16(13)22/h4-7,10H,8-9,11-12H2,1-3H3,(H,20,24). The predicted octanol–water partition coefficient (Wildman–Crippen LogP) is 2.31. The van der Waals surface area contributed by atoms with Crippen LogP contribution in [0.25, 0.3) is 0 Å². The van der Waals surface area contributed by atoms with Crippen molar-refractivity contribution >= 4 is 17.5 Å². The molecule has 0 saturated heterocycles. The number of aromatic nitrogens is 1. The molecule has 2 heterocycles. The highest BCUT2D eigenvalue weighted by Crippen LogP contribution is 2.27. The normalized spacial score (nSPS) is 13.6. The molecule has 1 N–H and O–H groups in total. The predicted molar refractivity (Wildman–Crippen MR) is 95.9 cm³/mol. The Hall–Kier alpha value is -2.67. The number of ether oxygens (including phenoxy) is 1. The Labute approximate surface area is 152 Å². The first kappa shape index (κ1) is 18.1. The van der Waals surface area contributed by atoms with E-state index in [1.54, 1.807) is 4.90 Å². The third kappa shape index (κ3) is 4.29. The van der Waals surface area contributed by atoms with Gasteiger partial charge in [-0.25, -0.2) is 0 Å². The van der Waals surface area contributed by atoms with E-state index < -0.39 is 5.91 Å². The van der Waals surface area contributed by atoms with E-state index in [2.05, 4.69) is 10.5 Å². The topological polar surface area (TPSA) is 84.7 Å². The van der Waals surface area contributed by atoms with Crippen molar-refractivity contribution in [2.24, 2.45) is 0 Å². The summed E-state index contributed by atoms with van der Waals surface area (Å²) in [6.45, 7) is 6.56. The monoisotopic (exact) mass is 357 g/mol. The molecule has 138 valence electrons. The molecule has 7 heteroatoms. The zero-order valence-corrected chi connectivity index (χ0v) is 15.2. The molecule has 0 spiro atoms. The number of hydrogen-bond donors (Lipinski definition) is 1.